The lowest BCUT2D eigenvalue weighted by molar-refractivity contribution is 0.0734. The highest BCUT2D eigenvalue weighted by molar-refractivity contribution is 5.91. The first-order chi connectivity index (χ1) is 16.6. The number of nitrogens with zero attached hydrogens (tertiary/aromatic N) is 1. The molecule has 1 saturated carbocycles. The molecule has 3 rings (SSSR count). The summed E-state index contributed by atoms with van der Waals surface area (Å²) in [5, 5.41) is 9.55. The monoisotopic (exact) mass is 459 g/mol. The van der Waals surface area contributed by atoms with E-state index in [2.05, 4.69) is 32.0 Å². The normalized spacial score (nSPS) is 17.8. The number of hydrogen-bond acceptors (Lipinski definition) is 3. The molecule has 1 fully saturated rings. The van der Waals surface area contributed by atoms with E-state index in [1.54, 1.807) is 6.07 Å². The Bertz CT molecular complexity index is 933. The van der Waals surface area contributed by atoms with Gasteiger partial charge in [-0.2, -0.15) is 5.26 Å². The van der Waals surface area contributed by atoms with Crippen LogP contribution < -0.4 is 4.74 Å². The van der Waals surface area contributed by atoms with Crippen LogP contribution in [0.3, 0.4) is 0 Å². The van der Waals surface area contributed by atoms with Crippen molar-refractivity contribution in [2.75, 3.05) is 0 Å². The van der Waals surface area contributed by atoms with Gasteiger partial charge in [-0.1, -0.05) is 77.0 Å². The van der Waals surface area contributed by atoms with Gasteiger partial charge in [0.15, 0.2) is 0 Å². The molecule has 0 amide bonds. The fraction of sp³-hybridized carbons (Fsp3) is 0.548. The van der Waals surface area contributed by atoms with E-state index < -0.39 is 5.97 Å². The summed E-state index contributed by atoms with van der Waals surface area (Å²) in [7, 11) is 0. The molecule has 0 aliphatic heterocycles. The van der Waals surface area contributed by atoms with Gasteiger partial charge in [-0.05, 0) is 85.8 Å². The van der Waals surface area contributed by atoms with Crippen LogP contribution in [0.1, 0.15) is 124 Å². The standard InChI is InChI=1S/C31H41NO2/c1-3-5-7-9-11-25-14-21-30(29(22-25)23-32)34-31(33)28-19-17-27(18-20-28)26-15-12-24(13-16-26)10-8-6-4-2/h14,17-22,24,26H,3-13,15-16H2,1-2H3. The summed E-state index contributed by atoms with van der Waals surface area (Å²) in [6.07, 6.45) is 16.3. The van der Waals surface area contributed by atoms with Crippen molar-refractivity contribution < 1.29 is 9.53 Å². The van der Waals surface area contributed by atoms with Crippen molar-refractivity contribution in [3.05, 3.63) is 64.7 Å². The van der Waals surface area contributed by atoms with Crippen LogP contribution in [0.5, 0.6) is 5.75 Å². The largest absolute Gasteiger partial charge is 0.422 e. The molecule has 0 spiro atoms. The lowest BCUT2D eigenvalue weighted by Crippen LogP contribution is -2.14. The second-order valence-corrected chi connectivity index (χ2v) is 9.98. The van der Waals surface area contributed by atoms with E-state index in [4.69, 9.17) is 4.74 Å². The maximum absolute atomic E-state index is 12.7. The van der Waals surface area contributed by atoms with Gasteiger partial charge in [0.05, 0.1) is 11.1 Å². The Labute approximate surface area is 206 Å². The number of unbranched alkanes of at least 4 members (excludes halogenated alkanes) is 5. The predicted octanol–water partition coefficient (Wildman–Crippen LogP) is 8.75. The number of nitriles is 1. The molecule has 0 bridgehead atoms. The summed E-state index contributed by atoms with van der Waals surface area (Å²) in [5.41, 5.74) is 3.41. The molecule has 3 nitrogen and oxygen atoms in total. The Morgan fingerprint density at radius 3 is 2.29 bits per heavy atom. The highest BCUT2D eigenvalue weighted by Gasteiger charge is 2.22. The molecule has 0 N–H and O–H groups in total. The maximum Gasteiger partial charge on any atom is 0.343 e. The van der Waals surface area contributed by atoms with Crippen LogP contribution in [0.25, 0.3) is 0 Å². The lowest BCUT2D eigenvalue weighted by atomic mass is 9.77. The van der Waals surface area contributed by atoms with E-state index >= 15 is 0 Å². The third-order valence-electron chi connectivity index (χ3n) is 7.37. The summed E-state index contributed by atoms with van der Waals surface area (Å²) in [5.74, 6) is 1.44. The minimum Gasteiger partial charge on any atom is -0.422 e. The van der Waals surface area contributed by atoms with E-state index in [0.717, 1.165) is 24.3 Å². The summed E-state index contributed by atoms with van der Waals surface area (Å²) >= 11 is 0. The van der Waals surface area contributed by atoms with E-state index in [0.29, 0.717) is 22.8 Å². The Morgan fingerprint density at radius 2 is 1.62 bits per heavy atom. The molecule has 0 heterocycles. The zero-order chi connectivity index (χ0) is 24.2. The SMILES string of the molecule is CCCCCCc1ccc(OC(=O)c2ccc(C3CCC(CCCCC)CC3)cc2)c(C#N)c1. The Morgan fingerprint density at radius 1 is 0.912 bits per heavy atom. The highest BCUT2D eigenvalue weighted by Crippen LogP contribution is 2.37. The van der Waals surface area contributed by atoms with Gasteiger partial charge in [-0.3, -0.25) is 0 Å². The quantitative estimate of drug-likeness (QED) is 0.181. The molecule has 0 aromatic heterocycles. The minimum atomic E-state index is -0.404. The predicted molar refractivity (Wildman–Crippen MR) is 139 cm³/mol. The van der Waals surface area contributed by atoms with E-state index in [1.807, 2.05) is 24.3 Å². The Hall–Kier alpha value is -2.60. The number of carbonyl (C=O) groups is 1. The second kappa shape index (κ2) is 14.0. The van der Waals surface area contributed by atoms with Gasteiger partial charge in [-0.25, -0.2) is 4.79 Å². The average molecular weight is 460 g/mol. The number of ether oxygens (including phenoxy) is 1. The number of rotatable bonds is 12. The van der Waals surface area contributed by atoms with Gasteiger partial charge in [0, 0.05) is 0 Å². The molecular weight excluding hydrogens is 418 g/mol. The fourth-order valence-electron chi connectivity index (χ4n) is 5.18. The van der Waals surface area contributed by atoms with E-state index in [9.17, 15) is 10.1 Å². The van der Waals surface area contributed by atoms with Crippen LogP contribution in [-0.2, 0) is 6.42 Å². The average Bonchev–Trinajstić information content (AvgIpc) is 2.88. The third kappa shape index (κ3) is 7.73. The molecular formula is C31H41NO2. The zero-order valence-corrected chi connectivity index (χ0v) is 21.2. The van der Waals surface area contributed by atoms with Crippen molar-refractivity contribution in [2.45, 2.75) is 103 Å². The molecule has 3 heteroatoms. The number of esters is 1. The summed E-state index contributed by atoms with van der Waals surface area (Å²) in [6, 6.07) is 15.7. The summed E-state index contributed by atoms with van der Waals surface area (Å²) in [4.78, 5) is 12.7. The second-order valence-electron chi connectivity index (χ2n) is 9.98. The Kier molecular flexibility index (Phi) is 10.7. The molecule has 1 aliphatic carbocycles. The van der Waals surface area contributed by atoms with Crippen molar-refractivity contribution in [3.8, 4) is 11.8 Å². The lowest BCUT2D eigenvalue weighted by Gasteiger charge is -2.29. The van der Waals surface area contributed by atoms with E-state index in [-0.39, 0.29) is 0 Å². The van der Waals surface area contributed by atoms with Crippen molar-refractivity contribution in [1.29, 1.82) is 5.26 Å². The van der Waals surface area contributed by atoms with Crippen LogP contribution >= 0.6 is 0 Å². The molecule has 0 atom stereocenters. The summed E-state index contributed by atoms with van der Waals surface area (Å²) in [6.45, 7) is 4.47. The molecule has 2 aromatic carbocycles. The van der Waals surface area contributed by atoms with Gasteiger partial charge in [-0.15, -0.1) is 0 Å². The van der Waals surface area contributed by atoms with Crippen molar-refractivity contribution in [3.63, 3.8) is 0 Å². The van der Waals surface area contributed by atoms with E-state index in [1.165, 1.54) is 76.2 Å². The van der Waals surface area contributed by atoms with Crippen molar-refractivity contribution in [1.82, 2.24) is 0 Å². The van der Waals surface area contributed by atoms with Crippen LogP contribution in [0.4, 0.5) is 0 Å². The van der Waals surface area contributed by atoms with Crippen molar-refractivity contribution in [2.24, 2.45) is 5.92 Å². The number of hydrogen-bond donors (Lipinski definition) is 0. The Balaban J connectivity index is 1.53. The van der Waals surface area contributed by atoms with Crippen LogP contribution in [0, 0.1) is 17.2 Å². The van der Waals surface area contributed by atoms with Gasteiger partial charge in [0.25, 0.3) is 0 Å². The van der Waals surface area contributed by atoms with Crippen molar-refractivity contribution >= 4 is 5.97 Å². The van der Waals surface area contributed by atoms with Crippen LogP contribution in [0.15, 0.2) is 42.5 Å². The molecule has 34 heavy (non-hydrogen) atoms. The number of carbonyl (C=O) groups excluding carboxylic acids is 1. The molecule has 1 aliphatic rings. The van der Waals surface area contributed by atoms with Crippen LogP contribution in [-0.4, -0.2) is 5.97 Å². The number of benzene rings is 2. The highest BCUT2D eigenvalue weighted by atomic mass is 16.5. The first-order valence-corrected chi connectivity index (χ1v) is 13.5. The molecule has 2 aromatic rings. The first kappa shape index (κ1) is 26.0. The molecule has 0 radical (unpaired) electrons. The zero-order valence-electron chi connectivity index (χ0n) is 21.2. The van der Waals surface area contributed by atoms with Gasteiger partial charge >= 0.3 is 5.97 Å². The van der Waals surface area contributed by atoms with Gasteiger partial charge < -0.3 is 4.74 Å². The topological polar surface area (TPSA) is 50.1 Å². The first-order valence-electron chi connectivity index (χ1n) is 13.5. The maximum atomic E-state index is 12.7. The van der Waals surface area contributed by atoms with Crippen LogP contribution in [0.2, 0.25) is 0 Å². The van der Waals surface area contributed by atoms with Gasteiger partial charge in [0.1, 0.15) is 11.8 Å². The summed E-state index contributed by atoms with van der Waals surface area (Å²) < 4.78 is 5.61. The number of aryl methyl sites for hydroxylation is 1. The molecule has 0 unspecified atom stereocenters. The third-order valence-corrected chi connectivity index (χ3v) is 7.37. The minimum absolute atomic E-state index is 0.343. The smallest absolute Gasteiger partial charge is 0.343 e. The van der Waals surface area contributed by atoms with Gasteiger partial charge in [0.2, 0.25) is 0 Å². The molecule has 0 saturated heterocycles. The molecule has 182 valence electrons. The fourth-order valence-corrected chi connectivity index (χ4v) is 5.18.